The summed E-state index contributed by atoms with van der Waals surface area (Å²) in [6.07, 6.45) is 2.15. The Hall–Kier alpha value is -3.93. The molecule has 0 radical (unpaired) electrons. The fourth-order valence-corrected chi connectivity index (χ4v) is 3.56. The number of hydrogen-bond acceptors (Lipinski definition) is 5. The van der Waals surface area contributed by atoms with Gasteiger partial charge in [-0.1, -0.05) is 55.5 Å². The highest BCUT2D eigenvalue weighted by molar-refractivity contribution is 6.12. The van der Waals surface area contributed by atoms with E-state index >= 15 is 0 Å². The van der Waals surface area contributed by atoms with E-state index in [-0.39, 0.29) is 11.7 Å². The van der Waals surface area contributed by atoms with E-state index in [2.05, 4.69) is 10.3 Å². The van der Waals surface area contributed by atoms with Crippen molar-refractivity contribution in [2.75, 3.05) is 5.73 Å². The lowest BCUT2D eigenvalue weighted by Gasteiger charge is -2.20. The lowest BCUT2D eigenvalue weighted by atomic mass is 10.00. The molecule has 0 saturated heterocycles. The van der Waals surface area contributed by atoms with Crippen molar-refractivity contribution in [2.45, 2.75) is 19.4 Å². The van der Waals surface area contributed by atoms with Gasteiger partial charge in [-0.3, -0.25) is 9.78 Å². The minimum absolute atomic E-state index is 0.0437. The van der Waals surface area contributed by atoms with Crippen LogP contribution in [0.15, 0.2) is 72.9 Å². The fourth-order valence-electron chi connectivity index (χ4n) is 3.56. The zero-order valence-electron chi connectivity index (χ0n) is 16.5. The SMILES string of the molecule is CCC(NC(=O)c1c(N)c(-c2ccccc2)nc2ccccc12)c1ncccc1O. The quantitative estimate of drug-likeness (QED) is 0.461. The third kappa shape index (κ3) is 3.55. The monoisotopic (exact) mass is 398 g/mol. The zero-order valence-corrected chi connectivity index (χ0v) is 16.5. The van der Waals surface area contributed by atoms with Crippen LogP contribution < -0.4 is 11.1 Å². The van der Waals surface area contributed by atoms with Crippen molar-refractivity contribution in [1.82, 2.24) is 15.3 Å². The number of para-hydroxylation sites is 1. The summed E-state index contributed by atoms with van der Waals surface area (Å²) in [6, 6.07) is 19.7. The number of carbonyl (C=O) groups excluding carboxylic acids is 1. The van der Waals surface area contributed by atoms with E-state index in [1.54, 1.807) is 18.3 Å². The van der Waals surface area contributed by atoms with Gasteiger partial charge in [0.1, 0.15) is 11.4 Å². The molecule has 6 heteroatoms. The Bertz CT molecular complexity index is 1210. The van der Waals surface area contributed by atoms with E-state index < -0.39 is 6.04 Å². The molecule has 1 atom stereocenters. The fraction of sp³-hybridized carbons (Fsp3) is 0.125. The number of aromatic nitrogens is 2. The van der Waals surface area contributed by atoms with E-state index in [0.29, 0.717) is 40.0 Å². The number of benzene rings is 2. The molecule has 2 aromatic carbocycles. The lowest BCUT2D eigenvalue weighted by molar-refractivity contribution is 0.0937. The maximum Gasteiger partial charge on any atom is 0.254 e. The summed E-state index contributed by atoms with van der Waals surface area (Å²) >= 11 is 0. The van der Waals surface area contributed by atoms with Gasteiger partial charge in [-0.15, -0.1) is 0 Å². The van der Waals surface area contributed by atoms with Crippen LogP contribution >= 0.6 is 0 Å². The molecule has 0 saturated carbocycles. The molecule has 150 valence electrons. The van der Waals surface area contributed by atoms with E-state index in [1.165, 1.54) is 0 Å². The molecule has 1 amide bonds. The van der Waals surface area contributed by atoms with Crippen molar-refractivity contribution in [2.24, 2.45) is 0 Å². The van der Waals surface area contributed by atoms with Crippen molar-refractivity contribution < 1.29 is 9.90 Å². The third-order valence-electron chi connectivity index (χ3n) is 5.06. The molecular weight excluding hydrogens is 376 g/mol. The predicted octanol–water partition coefficient (Wildman–Crippen LogP) is 4.47. The van der Waals surface area contributed by atoms with Crippen LogP contribution in [0.1, 0.15) is 35.4 Å². The Balaban J connectivity index is 1.82. The van der Waals surface area contributed by atoms with Crippen LogP contribution in [0, 0.1) is 0 Å². The first-order valence-corrected chi connectivity index (χ1v) is 9.78. The first kappa shape index (κ1) is 19.4. The van der Waals surface area contributed by atoms with Gasteiger partial charge >= 0.3 is 0 Å². The molecule has 0 aliphatic carbocycles. The van der Waals surface area contributed by atoms with E-state index in [9.17, 15) is 9.90 Å². The molecule has 0 spiro atoms. The topological polar surface area (TPSA) is 101 Å². The minimum atomic E-state index is -0.454. The van der Waals surface area contributed by atoms with Crippen LogP contribution in [0.3, 0.4) is 0 Å². The average Bonchev–Trinajstić information content (AvgIpc) is 2.78. The van der Waals surface area contributed by atoms with Crippen LogP contribution in [-0.2, 0) is 0 Å². The highest BCUT2D eigenvalue weighted by atomic mass is 16.3. The first-order valence-electron chi connectivity index (χ1n) is 9.78. The molecule has 6 nitrogen and oxygen atoms in total. The highest BCUT2D eigenvalue weighted by Gasteiger charge is 2.23. The molecule has 0 aliphatic heterocycles. The Labute approximate surface area is 174 Å². The molecular formula is C24H22N4O2. The van der Waals surface area contributed by atoms with Crippen molar-refractivity contribution in [3.8, 4) is 17.0 Å². The van der Waals surface area contributed by atoms with Gasteiger partial charge in [0.2, 0.25) is 0 Å². The maximum absolute atomic E-state index is 13.4. The van der Waals surface area contributed by atoms with Crippen LogP contribution in [0.25, 0.3) is 22.2 Å². The Morgan fingerprint density at radius 1 is 1.07 bits per heavy atom. The number of nitrogens with one attached hydrogen (secondary N) is 1. The first-order chi connectivity index (χ1) is 14.6. The van der Waals surface area contributed by atoms with Gasteiger partial charge < -0.3 is 16.2 Å². The van der Waals surface area contributed by atoms with Crippen LogP contribution in [-0.4, -0.2) is 21.0 Å². The highest BCUT2D eigenvalue weighted by Crippen LogP contribution is 2.33. The summed E-state index contributed by atoms with van der Waals surface area (Å²) in [6.45, 7) is 1.92. The summed E-state index contributed by atoms with van der Waals surface area (Å²) in [5.41, 5.74) is 9.68. The van der Waals surface area contributed by atoms with Crippen LogP contribution in [0.5, 0.6) is 5.75 Å². The molecule has 0 aliphatic rings. The largest absolute Gasteiger partial charge is 0.506 e. The number of pyridine rings is 2. The predicted molar refractivity (Wildman–Crippen MR) is 118 cm³/mol. The average molecular weight is 398 g/mol. The zero-order chi connectivity index (χ0) is 21.1. The molecule has 2 heterocycles. The maximum atomic E-state index is 13.4. The molecule has 1 unspecified atom stereocenters. The van der Waals surface area contributed by atoms with Gasteiger partial charge in [-0.25, -0.2) is 4.98 Å². The molecule has 30 heavy (non-hydrogen) atoms. The van der Waals surface area contributed by atoms with E-state index in [1.807, 2.05) is 61.5 Å². The number of amides is 1. The molecule has 0 bridgehead atoms. The smallest absolute Gasteiger partial charge is 0.254 e. The number of anilines is 1. The Kier molecular flexibility index (Phi) is 5.30. The van der Waals surface area contributed by atoms with Gasteiger partial charge in [0.05, 0.1) is 28.5 Å². The number of hydrogen-bond donors (Lipinski definition) is 3. The summed E-state index contributed by atoms with van der Waals surface area (Å²) in [7, 11) is 0. The summed E-state index contributed by atoms with van der Waals surface area (Å²) in [5.74, 6) is -0.289. The van der Waals surface area contributed by atoms with Crippen LogP contribution in [0.2, 0.25) is 0 Å². The second kappa shape index (κ2) is 8.21. The number of carbonyl (C=O) groups is 1. The summed E-state index contributed by atoms with van der Waals surface area (Å²) < 4.78 is 0. The molecule has 0 fully saturated rings. The third-order valence-corrected chi connectivity index (χ3v) is 5.06. The van der Waals surface area contributed by atoms with Crippen molar-refractivity contribution in [1.29, 1.82) is 0 Å². The lowest BCUT2D eigenvalue weighted by Crippen LogP contribution is -2.30. The second-order valence-corrected chi connectivity index (χ2v) is 6.97. The van der Waals surface area contributed by atoms with E-state index in [4.69, 9.17) is 10.7 Å². The number of nitrogens with zero attached hydrogens (tertiary/aromatic N) is 2. The summed E-state index contributed by atoms with van der Waals surface area (Å²) in [5, 5.41) is 13.8. The minimum Gasteiger partial charge on any atom is -0.506 e. The van der Waals surface area contributed by atoms with Crippen molar-refractivity contribution in [3.05, 3.63) is 84.2 Å². The number of rotatable bonds is 5. The van der Waals surface area contributed by atoms with Crippen molar-refractivity contribution in [3.63, 3.8) is 0 Å². The Morgan fingerprint density at radius 2 is 1.80 bits per heavy atom. The van der Waals surface area contributed by atoms with Gasteiger partial charge in [-0.2, -0.15) is 0 Å². The molecule has 4 aromatic rings. The number of nitrogens with two attached hydrogens (primary N) is 1. The molecule has 4 rings (SSSR count). The van der Waals surface area contributed by atoms with Gasteiger partial charge in [-0.05, 0) is 24.6 Å². The molecule has 4 N–H and O–H groups in total. The summed E-state index contributed by atoms with van der Waals surface area (Å²) in [4.78, 5) is 22.3. The number of nitrogen functional groups attached to an aromatic ring is 1. The van der Waals surface area contributed by atoms with Gasteiger partial charge in [0, 0.05) is 17.1 Å². The standard InChI is InChI=1S/C24H22N4O2/c1-2-17(23-19(29)13-8-14-26-23)28-24(30)20-16-11-6-7-12-18(16)27-22(21(20)25)15-9-4-3-5-10-15/h3-14,17,29H,2,25H2,1H3,(H,28,30). The molecule has 2 aromatic heterocycles. The van der Waals surface area contributed by atoms with Crippen molar-refractivity contribution >= 4 is 22.5 Å². The number of aromatic hydroxyl groups is 1. The number of fused-ring (bicyclic) bond motifs is 1. The van der Waals surface area contributed by atoms with Gasteiger partial charge in [0.15, 0.2) is 0 Å². The Morgan fingerprint density at radius 3 is 2.53 bits per heavy atom. The second-order valence-electron chi connectivity index (χ2n) is 6.97. The van der Waals surface area contributed by atoms with Crippen LogP contribution in [0.4, 0.5) is 5.69 Å². The van der Waals surface area contributed by atoms with E-state index in [0.717, 1.165) is 5.56 Å². The normalized spacial score (nSPS) is 11.9. The van der Waals surface area contributed by atoms with Gasteiger partial charge in [0.25, 0.3) is 5.91 Å².